The van der Waals surface area contributed by atoms with E-state index in [0.29, 0.717) is 10.0 Å². The number of nitrogens with zero attached hydrogens (tertiary/aromatic N) is 14. The Balaban J connectivity index is 0.00000411. The van der Waals surface area contributed by atoms with Crippen LogP contribution >= 0.6 is 23.2 Å². The minimum absolute atomic E-state index is 0. The summed E-state index contributed by atoms with van der Waals surface area (Å²) in [6.45, 7) is 0. The van der Waals surface area contributed by atoms with Gasteiger partial charge in [0.25, 0.3) is 72.5 Å². The molecule has 0 aliphatic carbocycles. The van der Waals surface area contributed by atoms with Crippen molar-refractivity contribution in [2.45, 2.75) is 41.5 Å². The van der Waals surface area contributed by atoms with Gasteiger partial charge in [0.2, 0.25) is 45.1 Å². The molecule has 0 saturated carbocycles. The summed E-state index contributed by atoms with van der Waals surface area (Å²) in [4.78, 5) is 81.4. The number of rotatable bonds is 20. The fourth-order valence-corrected chi connectivity index (χ4v) is 12.8. The monoisotopic (exact) mass is 1700 g/mol. The number of aromatic amines is 4. The predicted octanol–water partition coefficient (Wildman–Crippen LogP) is 1.27. The van der Waals surface area contributed by atoms with Crippen LogP contribution in [-0.2, 0) is 79.9 Å². The van der Waals surface area contributed by atoms with Crippen LogP contribution in [-0.4, -0.2) is 343 Å². The van der Waals surface area contributed by atoms with Gasteiger partial charge in [0.15, 0.2) is 11.4 Å². The molecule has 2 amide bonds. The molecule has 42 nitrogen and oxygen atoms in total. The van der Waals surface area contributed by atoms with Gasteiger partial charge in [-0.25, -0.2) is 29.6 Å². The third-order valence-electron chi connectivity index (χ3n) is 13.3. The van der Waals surface area contributed by atoms with Crippen molar-refractivity contribution >= 4 is 354 Å². The first-order valence-electron chi connectivity index (χ1n) is 26.9. The van der Waals surface area contributed by atoms with Crippen LogP contribution in [0.15, 0.2) is 201 Å². The molecule has 108 heavy (non-hydrogen) atoms. The van der Waals surface area contributed by atoms with Crippen molar-refractivity contribution in [1.29, 1.82) is 0 Å². The molecule has 534 valence electrons. The number of carbonyl (C=O) groups is 4. The van der Waals surface area contributed by atoms with Crippen LogP contribution in [0, 0.1) is 0 Å². The summed E-state index contributed by atoms with van der Waals surface area (Å²) in [5.41, 5.74) is -6.70. The smallest absolute Gasteiger partial charge is 0.355 e. The largest absolute Gasteiger partial charge is 0.477 e. The average molecular weight is 1700 g/mol. The van der Waals surface area contributed by atoms with Gasteiger partial charge >= 0.3 is 11.9 Å². The first-order chi connectivity index (χ1) is 47.6. The molecular weight excluding hydrogens is 1660 g/mol. The van der Waals surface area contributed by atoms with E-state index in [1.54, 1.807) is 0 Å². The fourth-order valence-electron chi connectivity index (χ4n) is 8.86. The van der Waals surface area contributed by atoms with Crippen LogP contribution in [0.3, 0.4) is 0 Å². The summed E-state index contributed by atoms with van der Waals surface area (Å²) in [7, 11) is -30.0. The molecule has 2 atom stereocenters. The van der Waals surface area contributed by atoms with Gasteiger partial charge in [-0.15, -0.1) is 0 Å². The van der Waals surface area contributed by atoms with Gasteiger partial charge in [0.1, 0.15) is 31.0 Å². The summed E-state index contributed by atoms with van der Waals surface area (Å²) in [6, 6.07) is 15.1. The van der Waals surface area contributed by atoms with Crippen LogP contribution < -0.4 is 32.5 Å². The van der Waals surface area contributed by atoms with Crippen molar-refractivity contribution < 1.29 is 107 Å². The minimum Gasteiger partial charge on any atom is -0.477 e. The van der Waals surface area contributed by atoms with Gasteiger partial charge in [0, 0.05) is 177 Å². The molecule has 0 spiro atoms. The number of benzene rings is 6. The van der Waals surface area contributed by atoms with Crippen molar-refractivity contribution in [1.82, 2.24) is 29.9 Å². The van der Waals surface area contributed by atoms with E-state index in [1.807, 2.05) is 0 Å². The summed E-state index contributed by atoms with van der Waals surface area (Å²) >= 11 is 12.5. The van der Waals surface area contributed by atoms with Crippen LogP contribution in [0.25, 0.3) is 12.2 Å². The molecule has 0 bridgehead atoms. The Labute approximate surface area is 748 Å². The first kappa shape index (κ1) is 95.1. The molecule has 2 aromatic heterocycles. The number of carboxylic acids is 2. The summed E-state index contributed by atoms with van der Waals surface area (Å²) in [5.74, 6) is -5.92. The number of hydrogen-bond donors (Lipinski definition) is 12. The van der Waals surface area contributed by atoms with Crippen molar-refractivity contribution in [3.63, 3.8) is 0 Å². The molecule has 4 heterocycles. The maximum Gasteiger partial charge on any atom is 0.355 e. The number of amides is 2. The maximum absolute atomic E-state index is 13.4. The van der Waals surface area contributed by atoms with Gasteiger partial charge in [-0.05, 0) is 144 Å². The number of halogens is 2. The van der Waals surface area contributed by atoms with Gasteiger partial charge in [-0.3, -0.25) is 46.9 Å². The second-order valence-corrected chi connectivity index (χ2v) is 29.3. The fraction of sp³-hybridized carbons (Fsp3) is 0.0385. The number of carbonyl (C=O) groups excluding carboxylic acids is 2. The van der Waals surface area contributed by atoms with E-state index in [1.165, 1.54) is 12.1 Å². The molecule has 6 aromatic carbocycles. The SMILES string of the molecule is O=C(O)C1=NN(c2ccc(S(=O)(=O)O)cc2)C(=O)C1N=Nc1cc(N=c2nc(Cl)[nH]c(=Nc3ccc(C=Cc4ccc(N=c5[nH]c(Cl)nc(=Nc6ccc(S(=O)(=O)O)c(N=NC7C(=O)N(c8ccc(S(=O)(=O)O)cc8)N=C7C(=O)O)c6)[nH]5)cc4S(=O)(=O)O)c(S(=O)(=O)O)c3)[nH]2)ccc1S(=O)(=O)O.[Na].[Na].[Na].[Na].[Na].[Na]. The topological polar surface area (TPSA) is 654 Å². The molecule has 6 radical (unpaired) electrons. The third kappa shape index (κ3) is 23.7. The van der Waals surface area contributed by atoms with Crippen molar-refractivity contribution in [2.24, 2.45) is 50.6 Å². The molecule has 8 aromatic rings. The van der Waals surface area contributed by atoms with Crippen molar-refractivity contribution in [2.75, 3.05) is 10.0 Å². The summed E-state index contributed by atoms with van der Waals surface area (Å²) in [5, 5.41) is 42.1. The zero-order valence-corrected chi connectivity index (χ0v) is 73.8. The standard InChI is InChI=1S/C52H36Cl2N18O24S6.6Na/c53-47-59-49(55-25-7-17-35(99(85,86)87)33(19-25)65-67-39-41(45(75)76)69-71(43(39)73)29-9-13-31(14-10-29)97(79,80)81)63-51(61-47)57-27-5-3-23(37(21-27)101(91,92)93)1-2-24-4-6-28(22-38(24)102(94,95)96)58-52-62-48(54)60-50(64-52)56-26-8-18-36(100(88,89)90)34(20-26)66-68-40-42(46(77)78)70-72(44(40)74)30-11-15-32(16-12-30)98(82,83)84;;;;;;/h1-22,39-40H,(H,75,76)(H,77,78)(H,79,80,81)(H,82,83,84)(H,85,86,87)(H,88,89,90)(H,91,92,93)(H,94,95,96)(H2,55,57,59,61,63)(H2,56,58,60,62,64);;;;;;. The molecule has 2 unspecified atom stereocenters. The maximum atomic E-state index is 13.4. The second-order valence-electron chi connectivity index (χ2n) is 20.1. The van der Waals surface area contributed by atoms with Gasteiger partial charge in [-0.2, -0.15) is 101 Å². The number of azo groups is 2. The van der Waals surface area contributed by atoms with E-state index in [2.05, 4.69) is 80.5 Å². The Morgan fingerprint density at radius 3 is 1.01 bits per heavy atom. The second kappa shape index (κ2) is 38.0. The summed E-state index contributed by atoms with van der Waals surface area (Å²) in [6.07, 6.45) is 2.06. The molecule has 56 heteroatoms. The molecule has 0 saturated heterocycles. The zero-order valence-electron chi connectivity index (χ0n) is 55.4. The van der Waals surface area contributed by atoms with E-state index >= 15 is 0 Å². The van der Waals surface area contributed by atoms with Crippen LogP contribution in [0.2, 0.25) is 10.6 Å². The predicted molar refractivity (Wildman–Crippen MR) is 380 cm³/mol. The Morgan fingerprint density at radius 1 is 0.407 bits per heavy atom. The molecule has 12 N–H and O–H groups in total. The van der Waals surface area contributed by atoms with Gasteiger partial charge in [0.05, 0.1) is 43.9 Å². The van der Waals surface area contributed by atoms with E-state index in [-0.39, 0.29) is 234 Å². The van der Waals surface area contributed by atoms with E-state index in [4.69, 9.17) is 23.2 Å². The normalized spacial score (nSPS) is 15.6. The number of aliphatic carboxylic acids is 2. The quantitative estimate of drug-likeness (QED) is 0.0221. The van der Waals surface area contributed by atoms with Crippen molar-refractivity contribution in [3.05, 3.63) is 165 Å². The van der Waals surface area contributed by atoms with Crippen LogP contribution in [0.1, 0.15) is 11.1 Å². The Hall–Kier alpha value is -5.26. The molecule has 2 aliphatic rings. The van der Waals surface area contributed by atoms with E-state index in [9.17, 15) is 107 Å². The van der Waals surface area contributed by atoms with Gasteiger partial charge in [-0.1, -0.05) is 24.3 Å². The van der Waals surface area contributed by atoms with Crippen molar-refractivity contribution in [3.8, 4) is 0 Å². The van der Waals surface area contributed by atoms with E-state index in [0.717, 1.165) is 121 Å². The average Bonchev–Trinajstić information content (AvgIpc) is 1.45. The number of aromatic nitrogens is 6. The number of H-pyrrole nitrogens is 4. The Morgan fingerprint density at radius 2 is 0.713 bits per heavy atom. The molecular formula is C52H36Cl2N18Na6O24S6. The minimum atomic E-state index is -5.17. The van der Waals surface area contributed by atoms with Crippen LogP contribution in [0.4, 0.5) is 45.5 Å². The number of hydrazone groups is 2. The Bertz CT molecular complexity index is 5810. The number of hydrogen-bond acceptors (Lipinski definition) is 28. The first-order valence-corrected chi connectivity index (χ1v) is 36.3. The van der Waals surface area contributed by atoms with Crippen LogP contribution in [0.5, 0.6) is 0 Å². The van der Waals surface area contributed by atoms with E-state index < -0.39 is 171 Å². The third-order valence-corrected chi connectivity index (χ3v) is 19.0. The number of anilines is 2. The Kier molecular flexibility index (Phi) is 33.5. The summed E-state index contributed by atoms with van der Waals surface area (Å²) < 4.78 is 206. The number of carboxylic acid groups (broad SMARTS) is 2. The molecule has 0 fully saturated rings. The molecule has 2 aliphatic heterocycles. The zero-order chi connectivity index (χ0) is 74.3. The van der Waals surface area contributed by atoms with Gasteiger partial charge < -0.3 is 20.2 Å². The number of nitrogens with one attached hydrogen (secondary N) is 4. The molecule has 10 rings (SSSR count).